The van der Waals surface area contributed by atoms with E-state index in [2.05, 4.69) is 5.92 Å². The van der Waals surface area contributed by atoms with Crippen LogP contribution in [-0.2, 0) is 0 Å². The highest BCUT2D eigenvalue weighted by Crippen LogP contribution is 2.24. The topological polar surface area (TPSA) is 9.23 Å². The van der Waals surface area contributed by atoms with Gasteiger partial charge in [-0.2, -0.15) is 0 Å². The van der Waals surface area contributed by atoms with Crippen LogP contribution in [0.1, 0.15) is 5.56 Å². The molecule has 0 N–H and O–H groups in total. The van der Waals surface area contributed by atoms with Gasteiger partial charge in [-0.1, -0.05) is 5.92 Å². The number of ether oxygens (including phenoxy) is 1. The van der Waals surface area contributed by atoms with Crippen molar-refractivity contribution in [3.8, 4) is 23.8 Å². The van der Waals surface area contributed by atoms with Crippen LogP contribution in [0.25, 0.3) is 0 Å². The Morgan fingerprint density at radius 3 is 2.29 bits per heavy atom. The predicted molar refractivity (Wildman–Crippen MR) is 60.8 cm³/mol. The van der Waals surface area contributed by atoms with Crippen molar-refractivity contribution in [2.24, 2.45) is 0 Å². The molecule has 0 aliphatic rings. The van der Waals surface area contributed by atoms with Crippen LogP contribution in [0.15, 0.2) is 42.5 Å². The molecular weight excluding hydrogens is 222 g/mol. The predicted octanol–water partition coefficient (Wildman–Crippen LogP) is 3.74. The van der Waals surface area contributed by atoms with E-state index in [4.69, 9.17) is 11.2 Å². The standard InChI is InChI=1S/C14H8F2O/c1-2-10-3-6-12(7-4-10)17-14-8-5-11(15)9-13(14)16/h1,3-9H. The summed E-state index contributed by atoms with van der Waals surface area (Å²) in [4.78, 5) is 0. The molecule has 0 unspecified atom stereocenters. The van der Waals surface area contributed by atoms with E-state index in [1.165, 1.54) is 6.07 Å². The fourth-order valence-electron chi connectivity index (χ4n) is 1.30. The van der Waals surface area contributed by atoms with Gasteiger partial charge in [-0.25, -0.2) is 8.78 Å². The maximum atomic E-state index is 13.3. The zero-order valence-corrected chi connectivity index (χ0v) is 8.78. The maximum Gasteiger partial charge on any atom is 0.168 e. The van der Waals surface area contributed by atoms with E-state index in [0.717, 1.165) is 12.1 Å². The molecule has 0 aromatic heterocycles. The summed E-state index contributed by atoms with van der Waals surface area (Å²) in [5.74, 6) is 1.48. The second-order valence-electron chi connectivity index (χ2n) is 3.35. The molecule has 17 heavy (non-hydrogen) atoms. The number of hydrogen-bond acceptors (Lipinski definition) is 1. The third-order valence-corrected chi connectivity index (χ3v) is 2.14. The molecule has 2 aromatic carbocycles. The SMILES string of the molecule is C#Cc1ccc(Oc2ccc(F)cc2F)cc1. The van der Waals surface area contributed by atoms with E-state index in [1.807, 2.05) is 0 Å². The lowest BCUT2D eigenvalue weighted by molar-refractivity contribution is 0.437. The summed E-state index contributed by atoms with van der Waals surface area (Å²) < 4.78 is 31.2. The average molecular weight is 230 g/mol. The van der Waals surface area contributed by atoms with Crippen LogP contribution >= 0.6 is 0 Å². The second-order valence-corrected chi connectivity index (χ2v) is 3.35. The van der Waals surface area contributed by atoms with Crippen LogP contribution < -0.4 is 4.74 Å². The van der Waals surface area contributed by atoms with Gasteiger partial charge in [0.25, 0.3) is 0 Å². The first-order valence-electron chi connectivity index (χ1n) is 4.88. The van der Waals surface area contributed by atoms with Crippen molar-refractivity contribution in [2.75, 3.05) is 0 Å². The lowest BCUT2D eigenvalue weighted by Crippen LogP contribution is -1.89. The van der Waals surface area contributed by atoms with E-state index >= 15 is 0 Å². The molecule has 1 nitrogen and oxygen atoms in total. The van der Waals surface area contributed by atoms with Crippen molar-refractivity contribution in [1.82, 2.24) is 0 Å². The van der Waals surface area contributed by atoms with Crippen LogP contribution in [0.2, 0.25) is 0 Å². The van der Waals surface area contributed by atoms with Gasteiger partial charge < -0.3 is 4.74 Å². The van der Waals surface area contributed by atoms with Gasteiger partial charge in [0.2, 0.25) is 0 Å². The van der Waals surface area contributed by atoms with Crippen LogP contribution in [-0.4, -0.2) is 0 Å². The van der Waals surface area contributed by atoms with Gasteiger partial charge in [0.15, 0.2) is 11.6 Å². The van der Waals surface area contributed by atoms with Crippen molar-refractivity contribution in [3.63, 3.8) is 0 Å². The Labute approximate surface area is 97.7 Å². The van der Waals surface area contributed by atoms with E-state index < -0.39 is 11.6 Å². The third kappa shape index (κ3) is 2.61. The Morgan fingerprint density at radius 2 is 1.71 bits per heavy atom. The van der Waals surface area contributed by atoms with Crippen LogP contribution in [0.5, 0.6) is 11.5 Å². The van der Waals surface area contributed by atoms with E-state index in [-0.39, 0.29) is 5.75 Å². The Bertz CT molecular complexity index is 568. The Balaban J connectivity index is 2.23. The van der Waals surface area contributed by atoms with E-state index in [9.17, 15) is 8.78 Å². The summed E-state index contributed by atoms with van der Waals surface area (Å²) in [6.45, 7) is 0. The lowest BCUT2D eigenvalue weighted by Gasteiger charge is -2.06. The van der Waals surface area contributed by atoms with Crippen molar-refractivity contribution in [1.29, 1.82) is 0 Å². The summed E-state index contributed by atoms with van der Waals surface area (Å²) in [6.07, 6.45) is 5.20. The van der Waals surface area contributed by atoms with E-state index in [1.54, 1.807) is 24.3 Å². The normalized spacial score (nSPS) is 9.71. The highest BCUT2D eigenvalue weighted by atomic mass is 19.1. The first kappa shape index (κ1) is 11.2. The molecule has 3 heteroatoms. The van der Waals surface area contributed by atoms with Crippen LogP contribution in [0.4, 0.5) is 8.78 Å². The average Bonchev–Trinajstić information content (AvgIpc) is 2.34. The maximum absolute atomic E-state index is 13.3. The minimum absolute atomic E-state index is 0.0279. The highest BCUT2D eigenvalue weighted by Gasteiger charge is 2.05. The first-order valence-corrected chi connectivity index (χ1v) is 4.88. The molecule has 2 aromatic rings. The largest absolute Gasteiger partial charge is 0.454 e. The van der Waals surface area contributed by atoms with Crippen molar-refractivity contribution in [3.05, 3.63) is 59.7 Å². The third-order valence-electron chi connectivity index (χ3n) is 2.14. The van der Waals surface area contributed by atoms with Crippen LogP contribution in [0, 0.1) is 24.0 Å². The summed E-state index contributed by atoms with van der Waals surface area (Å²) in [7, 11) is 0. The van der Waals surface area contributed by atoms with Crippen molar-refractivity contribution in [2.45, 2.75) is 0 Å². The molecule has 0 heterocycles. The molecule has 0 spiro atoms. The monoisotopic (exact) mass is 230 g/mol. The fraction of sp³-hybridized carbons (Fsp3) is 0. The van der Waals surface area contributed by atoms with Crippen LogP contribution in [0.3, 0.4) is 0 Å². The smallest absolute Gasteiger partial charge is 0.168 e. The second kappa shape index (κ2) is 4.67. The fourth-order valence-corrected chi connectivity index (χ4v) is 1.30. The molecule has 0 saturated carbocycles. The number of rotatable bonds is 2. The lowest BCUT2D eigenvalue weighted by atomic mass is 10.2. The summed E-state index contributed by atoms with van der Waals surface area (Å²) in [6, 6.07) is 9.74. The zero-order valence-electron chi connectivity index (χ0n) is 8.78. The molecule has 0 radical (unpaired) electrons. The molecule has 0 aliphatic heterocycles. The summed E-state index contributed by atoms with van der Waals surface area (Å²) in [5.41, 5.74) is 0.705. The molecule has 0 aliphatic carbocycles. The summed E-state index contributed by atoms with van der Waals surface area (Å²) in [5, 5.41) is 0. The quantitative estimate of drug-likeness (QED) is 0.714. The Kier molecular flexibility index (Phi) is 3.06. The Morgan fingerprint density at radius 1 is 1.00 bits per heavy atom. The van der Waals surface area contributed by atoms with Gasteiger partial charge in [-0.15, -0.1) is 6.42 Å². The Hall–Kier alpha value is -2.34. The van der Waals surface area contributed by atoms with Crippen molar-refractivity contribution < 1.29 is 13.5 Å². The number of halogens is 2. The molecule has 84 valence electrons. The van der Waals surface area contributed by atoms with Gasteiger partial charge in [0.1, 0.15) is 11.6 Å². The van der Waals surface area contributed by atoms with Gasteiger partial charge in [-0.3, -0.25) is 0 Å². The molecule has 0 bridgehead atoms. The van der Waals surface area contributed by atoms with Gasteiger partial charge in [0, 0.05) is 11.6 Å². The minimum atomic E-state index is -0.744. The zero-order chi connectivity index (χ0) is 12.3. The van der Waals surface area contributed by atoms with Gasteiger partial charge >= 0.3 is 0 Å². The summed E-state index contributed by atoms with van der Waals surface area (Å²) >= 11 is 0. The number of hydrogen-bond donors (Lipinski definition) is 0. The number of benzene rings is 2. The van der Waals surface area contributed by atoms with E-state index in [0.29, 0.717) is 11.3 Å². The molecule has 0 amide bonds. The highest BCUT2D eigenvalue weighted by molar-refractivity contribution is 5.39. The van der Waals surface area contributed by atoms with Crippen molar-refractivity contribution >= 4 is 0 Å². The molecule has 2 rings (SSSR count). The van der Waals surface area contributed by atoms with Gasteiger partial charge in [0.05, 0.1) is 0 Å². The van der Waals surface area contributed by atoms with Gasteiger partial charge in [-0.05, 0) is 36.4 Å². The molecule has 0 saturated heterocycles. The first-order chi connectivity index (χ1) is 8.19. The molecular formula is C14H8F2O. The minimum Gasteiger partial charge on any atom is -0.454 e. The molecule has 0 fully saturated rings. The number of terminal acetylenes is 1. The molecule has 0 atom stereocenters.